The maximum absolute atomic E-state index is 12.2. The van der Waals surface area contributed by atoms with Crippen molar-refractivity contribution in [2.45, 2.75) is 17.4 Å². The molecule has 7 nitrogen and oxygen atoms in total. The molecule has 120 valence electrons. The Balaban J connectivity index is 3.11. The number of rotatable bonds is 8. The Labute approximate surface area is 125 Å². The van der Waals surface area contributed by atoms with Gasteiger partial charge in [0.2, 0.25) is 10.0 Å². The van der Waals surface area contributed by atoms with Crippen LogP contribution in [-0.2, 0) is 14.8 Å². The lowest BCUT2D eigenvalue weighted by Crippen LogP contribution is -2.27. The summed E-state index contributed by atoms with van der Waals surface area (Å²) in [5, 5.41) is 12.1. The fourth-order valence-corrected chi connectivity index (χ4v) is 2.90. The van der Waals surface area contributed by atoms with Crippen LogP contribution in [0.1, 0.15) is 6.42 Å². The van der Waals surface area contributed by atoms with E-state index in [9.17, 15) is 8.42 Å². The predicted octanol–water partition coefficient (Wildman–Crippen LogP) is 0.328. The number of benzene rings is 1. The molecule has 1 aromatic carbocycles. The Bertz CT molecular complexity index is 555. The molecule has 0 fully saturated rings. The number of anilines is 2. The van der Waals surface area contributed by atoms with Gasteiger partial charge in [0.15, 0.2) is 0 Å². The van der Waals surface area contributed by atoms with E-state index in [0.717, 1.165) is 4.31 Å². The van der Waals surface area contributed by atoms with Crippen molar-refractivity contribution in [3.05, 3.63) is 18.2 Å². The minimum absolute atomic E-state index is 0.00335. The van der Waals surface area contributed by atoms with Gasteiger partial charge in [0.05, 0.1) is 24.0 Å². The Morgan fingerprint density at radius 3 is 2.62 bits per heavy atom. The molecule has 0 aliphatic carbocycles. The van der Waals surface area contributed by atoms with E-state index in [1.54, 1.807) is 19.2 Å². The molecule has 0 heterocycles. The molecule has 21 heavy (non-hydrogen) atoms. The highest BCUT2D eigenvalue weighted by Crippen LogP contribution is 2.28. The molecular formula is C13H23N3O4S. The highest BCUT2D eigenvalue weighted by Gasteiger charge is 2.22. The number of hydrogen-bond donors (Lipinski definition) is 3. The summed E-state index contributed by atoms with van der Waals surface area (Å²) in [5.41, 5.74) is 6.64. The van der Waals surface area contributed by atoms with Gasteiger partial charge in [0.1, 0.15) is 4.90 Å². The van der Waals surface area contributed by atoms with Gasteiger partial charge in [-0.1, -0.05) is 6.07 Å². The monoisotopic (exact) mass is 317 g/mol. The Hall–Kier alpha value is -1.35. The molecule has 0 aliphatic rings. The highest BCUT2D eigenvalue weighted by atomic mass is 32.2. The average Bonchev–Trinajstić information content (AvgIpc) is 2.41. The lowest BCUT2D eigenvalue weighted by Gasteiger charge is -2.21. The van der Waals surface area contributed by atoms with Gasteiger partial charge in [0, 0.05) is 27.8 Å². The zero-order valence-corrected chi connectivity index (χ0v) is 13.4. The van der Waals surface area contributed by atoms with Gasteiger partial charge < -0.3 is 20.9 Å². The third-order valence-electron chi connectivity index (χ3n) is 3.03. The lowest BCUT2D eigenvalue weighted by molar-refractivity contribution is 0.170. The normalized spacial score (nSPS) is 13.4. The molecule has 0 aliphatic heterocycles. The first-order chi connectivity index (χ1) is 9.84. The van der Waals surface area contributed by atoms with E-state index in [0.29, 0.717) is 18.7 Å². The Morgan fingerprint density at radius 1 is 1.43 bits per heavy atom. The summed E-state index contributed by atoms with van der Waals surface area (Å²) in [7, 11) is 0.861. The summed E-state index contributed by atoms with van der Waals surface area (Å²) in [6.07, 6.45) is 0.470. The van der Waals surface area contributed by atoms with Crippen LogP contribution in [-0.4, -0.2) is 58.3 Å². The summed E-state index contributed by atoms with van der Waals surface area (Å²) >= 11 is 0. The largest absolute Gasteiger partial charge is 0.396 e. The van der Waals surface area contributed by atoms with E-state index in [-0.39, 0.29) is 23.2 Å². The summed E-state index contributed by atoms with van der Waals surface area (Å²) in [6, 6.07) is 4.63. The van der Waals surface area contributed by atoms with Gasteiger partial charge in [-0.25, -0.2) is 12.7 Å². The number of ether oxygens (including phenoxy) is 1. The number of hydrogen-bond acceptors (Lipinski definition) is 6. The van der Waals surface area contributed by atoms with Gasteiger partial charge in [-0.2, -0.15) is 0 Å². The SMILES string of the molecule is COCC(CCO)Nc1cccc(S(=O)(=O)N(C)C)c1N. The van der Waals surface area contributed by atoms with Gasteiger partial charge in [0.25, 0.3) is 0 Å². The topological polar surface area (TPSA) is 105 Å². The van der Waals surface area contributed by atoms with E-state index in [2.05, 4.69) is 5.32 Å². The molecule has 1 rings (SSSR count). The van der Waals surface area contributed by atoms with Crippen LogP contribution >= 0.6 is 0 Å². The zero-order valence-electron chi connectivity index (χ0n) is 12.5. The van der Waals surface area contributed by atoms with Crippen LogP contribution in [0.4, 0.5) is 11.4 Å². The third kappa shape index (κ3) is 4.31. The molecular weight excluding hydrogens is 294 g/mol. The van der Waals surface area contributed by atoms with Crippen molar-refractivity contribution in [1.29, 1.82) is 0 Å². The van der Waals surface area contributed by atoms with E-state index in [4.69, 9.17) is 15.6 Å². The van der Waals surface area contributed by atoms with Gasteiger partial charge in [-0.05, 0) is 18.6 Å². The summed E-state index contributed by atoms with van der Waals surface area (Å²) in [5.74, 6) is 0. The van der Waals surface area contributed by atoms with Crippen molar-refractivity contribution in [3.8, 4) is 0 Å². The number of sulfonamides is 1. The van der Waals surface area contributed by atoms with E-state index >= 15 is 0 Å². The number of nitrogens with one attached hydrogen (secondary N) is 1. The second kappa shape index (κ2) is 7.60. The molecule has 0 saturated carbocycles. The Kier molecular flexibility index (Phi) is 6.41. The number of para-hydroxylation sites is 1. The fraction of sp³-hybridized carbons (Fsp3) is 0.538. The Morgan fingerprint density at radius 2 is 2.10 bits per heavy atom. The molecule has 1 unspecified atom stereocenters. The first kappa shape index (κ1) is 17.7. The standard InChI is InChI=1S/C13H23N3O4S/c1-16(2)21(18,19)12-6-4-5-11(13(12)14)15-10(7-8-17)9-20-3/h4-6,10,15,17H,7-9,14H2,1-3H3. The van der Waals surface area contributed by atoms with Crippen molar-refractivity contribution in [3.63, 3.8) is 0 Å². The summed E-state index contributed by atoms with van der Waals surface area (Å²) < 4.78 is 30.6. The lowest BCUT2D eigenvalue weighted by atomic mass is 10.2. The maximum atomic E-state index is 12.2. The van der Waals surface area contributed by atoms with Gasteiger partial charge >= 0.3 is 0 Å². The highest BCUT2D eigenvalue weighted by molar-refractivity contribution is 7.89. The van der Waals surface area contributed by atoms with Crippen molar-refractivity contribution >= 4 is 21.4 Å². The van der Waals surface area contributed by atoms with E-state index in [1.807, 2.05) is 0 Å². The van der Waals surface area contributed by atoms with Gasteiger partial charge in [-0.15, -0.1) is 0 Å². The second-order valence-electron chi connectivity index (χ2n) is 4.81. The molecule has 1 atom stereocenters. The fourth-order valence-electron chi connectivity index (χ4n) is 1.87. The first-order valence-corrected chi connectivity index (χ1v) is 7.96. The summed E-state index contributed by atoms with van der Waals surface area (Å²) in [6.45, 7) is 0.376. The average molecular weight is 317 g/mol. The number of aliphatic hydroxyl groups excluding tert-OH is 1. The van der Waals surface area contributed by atoms with E-state index in [1.165, 1.54) is 20.2 Å². The smallest absolute Gasteiger partial charge is 0.244 e. The van der Waals surface area contributed by atoms with Crippen molar-refractivity contribution in [2.24, 2.45) is 0 Å². The van der Waals surface area contributed by atoms with Crippen molar-refractivity contribution in [1.82, 2.24) is 4.31 Å². The second-order valence-corrected chi connectivity index (χ2v) is 6.93. The number of nitrogen functional groups attached to an aromatic ring is 1. The molecule has 1 aromatic rings. The van der Waals surface area contributed by atoms with E-state index < -0.39 is 10.0 Å². The number of nitrogens with zero attached hydrogens (tertiary/aromatic N) is 1. The number of nitrogens with two attached hydrogens (primary N) is 1. The quantitative estimate of drug-likeness (QED) is 0.597. The number of methoxy groups -OCH3 is 1. The molecule has 8 heteroatoms. The molecule has 0 spiro atoms. The van der Waals surface area contributed by atoms with Crippen molar-refractivity contribution in [2.75, 3.05) is 45.5 Å². The predicted molar refractivity (Wildman–Crippen MR) is 82.7 cm³/mol. The molecule has 0 radical (unpaired) electrons. The van der Waals surface area contributed by atoms with Crippen LogP contribution < -0.4 is 11.1 Å². The van der Waals surface area contributed by atoms with Crippen LogP contribution in [0.15, 0.2) is 23.1 Å². The van der Waals surface area contributed by atoms with Crippen LogP contribution in [0.3, 0.4) is 0 Å². The van der Waals surface area contributed by atoms with Gasteiger partial charge in [-0.3, -0.25) is 0 Å². The first-order valence-electron chi connectivity index (χ1n) is 6.52. The number of aliphatic hydroxyl groups is 1. The minimum Gasteiger partial charge on any atom is -0.396 e. The van der Waals surface area contributed by atoms with Crippen LogP contribution in [0, 0.1) is 0 Å². The molecule has 0 amide bonds. The molecule has 0 bridgehead atoms. The summed E-state index contributed by atoms with van der Waals surface area (Å²) in [4.78, 5) is 0.0534. The van der Waals surface area contributed by atoms with Crippen LogP contribution in [0.2, 0.25) is 0 Å². The zero-order chi connectivity index (χ0) is 16.0. The van der Waals surface area contributed by atoms with Crippen LogP contribution in [0.5, 0.6) is 0 Å². The maximum Gasteiger partial charge on any atom is 0.244 e. The molecule has 0 aromatic heterocycles. The molecule has 4 N–H and O–H groups in total. The van der Waals surface area contributed by atoms with Crippen LogP contribution in [0.25, 0.3) is 0 Å². The van der Waals surface area contributed by atoms with Crippen molar-refractivity contribution < 1.29 is 18.3 Å². The minimum atomic E-state index is -3.60. The molecule has 0 saturated heterocycles. The third-order valence-corrected chi connectivity index (χ3v) is 4.90.